The number of hydrogen-bond acceptors (Lipinski definition) is 5. The monoisotopic (exact) mass is 362 g/mol. The molecule has 0 aromatic heterocycles. The van der Waals surface area contributed by atoms with Crippen LogP contribution in [-0.4, -0.2) is 39.8 Å². The van der Waals surface area contributed by atoms with Crippen LogP contribution < -0.4 is 19.5 Å². The first-order valence-electron chi connectivity index (χ1n) is 7.65. The van der Waals surface area contributed by atoms with E-state index in [0.717, 1.165) is 6.26 Å². The summed E-state index contributed by atoms with van der Waals surface area (Å²) in [7, 11) is -3.34. The molecule has 1 aliphatic heterocycles. The highest BCUT2D eigenvalue weighted by Gasteiger charge is 2.21. The van der Waals surface area contributed by atoms with Gasteiger partial charge in [0.25, 0.3) is 5.91 Å². The summed E-state index contributed by atoms with van der Waals surface area (Å²) in [5.74, 6) is 1.08. The van der Waals surface area contributed by atoms with Gasteiger partial charge in [-0.2, -0.15) is 0 Å². The van der Waals surface area contributed by atoms with E-state index in [1.54, 1.807) is 12.1 Å². The van der Waals surface area contributed by atoms with Gasteiger partial charge in [0.05, 0.1) is 12.8 Å². The first kappa shape index (κ1) is 17.1. The zero-order chi connectivity index (χ0) is 17.9. The molecule has 0 radical (unpaired) electrons. The van der Waals surface area contributed by atoms with Crippen LogP contribution in [-0.2, 0) is 10.0 Å². The molecule has 1 aliphatic rings. The number of benzene rings is 2. The van der Waals surface area contributed by atoms with Gasteiger partial charge >= 0.3 is 0 Å². The van der Waals surface area contributed by atoms with Crippen molar-refractivity contribution in [1.29, 1.82) is 0 Å². The number of para-hydroxylation sites is 2. The van der Waals surface area contributed by atoms with Gasteiger partial charge in [0, 0.05) is 11.3 Å². The second-order valence-electron chi connectivity index (χ2n) is 5.66. The zero-order valence-electron chi connectivity index (χ0n) is 13.6. The van der Waals surface area contributed by atoms with Crippen molar-refractivity contribution in [2.75, 3.05) is 24.1 Å². The summed E-state index contributed by atoms with van der Waals surface area (Å²) in [6.07, 6.45) is 0.794. The van der Waals surface area contributed by atoms with Crippen LogP contribution in [0.2, 0.25) is 0 Å². The lowest BCUT2D eigenvalue weighted by molar-refractivity contribution is 0.0789. The topological polar surface area (TPSA) is 93.7 Å². The third kappa shape index (κ3) is 4.63. The lowest BCUT2D eigenvalue weighted by atomic mass is 10.2. The molecular formula is C17H18N2O5S. The molecule has 132 valence electrons. The fourth-order valence-corrected chi connectivity index (χ4v) is 2.94. The van der Waals surface area contributed by atoms with Gasteiger partial charge in [-0.15, -0.1) is 0 Å². The van der Waals surface area contributed by atoms with Crippen LogP contribution in [0.15, 0.2) is 48.5 Å². The number of amides is 1. The number of nitrogens with one attached hydrogen (secondary N) is 2. The molecule has 0 saturated heterocycles. The summed E-state index contributed by atoms with van der Waals surface area (Å²) < 4.78 is 36.1. The van der Waals surface area contributed by atoms with E-state index in [9.17, 15) is 13.2 Å². The van der Waals surface area contributed by atoms with Gasteiger partial charge in [0.1, 0.15) is 12.7 Å². The lowest BCUT2D eigenvalue weighted by Gasteiger charge is -2.26. The van der Waals surface area contributed by atoms with Crippen molar-refractivity contribution in [3.8, 4) is 11.5 Å². The van der Waals surface area contributed by atoms with E-state index in [4.69, 9.17) is 9.47 Å². The second kappa shape index (κ2) is 7.02. The molecule has 1 atom stereocenters. The van der Waals surface area contributed by atoms with Crippen molar-refractivity contribution in [3.63, 3.8) is 0 Å². The molecule has 7 nitrogen and oxygen atoms in total. The van der Waals surface area contributed by atoms with Crippen molar-refractivity contribution in [3.05, 3.63) is 54.1 Å². The summed E-state index contributed by atoms with van der Waals surface area (Å²) in [5.41, 5.74) is 0.829. The van der Waals surface area contributed by atoms with E-state index in [1.807, 2.05) is 24.3 Å². The molecule has 0 fully saturated rings. The minimum atomic E-state index is -3.34. The first-order chi connectivity index (χ1) is 11.9. The molecule has 2 aromatic rings. The number of carbonyl (C=O) groups excluding carboxylic acids is 1. The Kier molecular flexibility index (Phi) is 4.80. The maximum absolute atomic E-state index is 12.2. The highest BCUT2D eigenvalue weighted by Crippen LogP contribution is 2.30. The van der Waals surface area contributed by atoms with Gasteiger partial charge in [-0.3, -0.25) is 9.52 Å². The van der Waals surface area contributed by atoms with E-state index in [-0.39, 0.29) is 12.0 Å². The number of fused-ring (bicyclic) bond motifs is 1. The van der Waals surface area contributed by atoms with Gasteiger partial charge in [0.2, 0.25) is 10.0 Å². The van der Waals surface area contributed by atoms with Crippen LogP contribution in [0.25, 0.3) is 0 Å². The van der Waals surface area contributed by atoms with Gasteiger partial charge in [0.15, 0.2) is 11.5 Å². The van der Waals surface area contributed by atoms with Crippen molar-refractivity contribution in [2.45, 2.75) is 6.10 Å². The average Bonchev–Trinajstić information content (AvgIpc) is 2.59. The fourth-order valence-electron chi connectivity index (χ4n) is 2.38. The zero-order valence-corrected chi connectivity index (χ0v) is 14.4. The Hall–Kier alpha value is -2.74. The Labute approximate surface area is 146 Å². The molecule has 0 saturated carbocycles. The molecular weight excluding hydrogens is 344 g/mol. The molecule has 25 heavy (non-hydrogen) atoms. The number of rotatable bonds is 5. The third-order valence-electron chi connectivity index (χ3n) is 3.51. The smallest absolute Gasteiger partial charge is 0.251 e. The lowest BCUT2D eigenvalue weighted by Crippen LogP contribution is -2.40. The summed E-state index contributed by atoms with van der Waals surface area (Å²) >= 11 is 0. The SMILES string of the molecule is CS(=O)(=O)Nc1ccc(C(=O)NC[C@@H]2COc3ccccc3O2)cc1. The van der Waals surface area contributed by atoms with E-state index in [0.29, 0.717) is 35.9 Å². The van der Waals surface area contributed by atoms with E-state index in [1.165, 1.54) is 12.1 Å². The number of hydrogen-bond donors (Lipinski definition) is 2. The van der Waals surface area contributed by atoms with Crippen LogP contribution in [0.5, 0.6) is 11.5 Å². The Morgan fingerprint density at radius 3 is 2.48 bits per heavy atom. The summed E-state index contributed by atoms with van der Waals surface area (Å²) in [4.78, 5) is 12.2. The van der Waals surface area contributed by atoms with Crippen LogP contribution in [0, 0.1) is 0 Å². The number of carbonyl (C=O) groups is 1. The van der Waals surface area contributed by atoms with Crippen molar-refractivity contribution >= 4 is 21.6 Å². The molecule has 3 rings (SSSR count). The summed E-state index contributed by atoms with van der Waals surface area (Å²) in [5, 5.41) is 2.78. The van der Waals surface area contributed by atoms with Crippen molar-refractivity contribution in [2.24, 2.45) is 0 Å². The maximum atomic E-state index is 12.2. The molecule has 1 heterocycles. The minimum absolute atomic E-state index is 0.270. The molecule has 0 unspecified atom stereocenters. The predicted molar refractivity (Wildman–Crippen MR) is 93.6 cm³/mol. The molecule has 2 aromatic carbocycles. The van der Waals surface area contributed by atoms with Crippen LogP contribution in [0.1, 0.15) is 10.4 Å². The standard InChI is InChI=1S/C17H18N2O5S/c1-25(21,22)19-13-8-6-12(7-9-13)17(20)18-10-14-11-23-15-4-2-3-5-16(15)24-14/h2-9,14,19H,10-11H2,1H3,(H,18,20)/t14-/m1/s1. The van der Waals surface area contributed by atoms with Gasteiger partial charge < -0.3 is 14.8 Å². The Bertz CT molecular complexity index is 865. The predicted octanol–water partition coefficient (Wildman–Crippen LogP) is 1.63. The van der Waals surface area contributed by atoms with Gasteiger partial charge in [-0.25, -0.2) is 8.42 Å². The molecule has 0 bridgehead atoms. The highest BCUT2D eigenvalue weighted by molar-refractivity contribution is 7.92. The average molecular weight is 362 g/mol. The molecule has 2 N–H and O–H groups in total. The first-order valence-corrected chi connectivity index (χ1v) is 9.54. The molecule has 8 heteroatoms. The minimum Gasteiger partial charge on any atom is -0.486 e. The Balaban J connectivity index is 1.55. The third-order valence-corrected chi connectivity index (χ3v) is 4.11. The van der Waals surface area contributed by atoms with Gasteiger partial charge in [-0.05, 0) is 36.4 Å². The van der Waals surface area contributed by atoms with Gasteiger partial charge in [-0.1, -0.05) is 12.1 Å². The summed E-state index contributed by atoms with van der Waals surface area (Å²) in [6, 6.07) is 13.5. The Morgan fingerprint density at radius 2 is 1.80 bits per heavy atom. The van der Waals surface area contributed by atoms with Crippen molar-refractivity contribution < 1.29 is 22.7 Å². The van der Waals surface area contributed by atoms with E-state index < -0.39 is 10.0 Å². The quantitative estimate of drug-likeness (QED) is 0.843. The number of ether oxygens (including phenoxy) is 2. The molecule has 1 amide bonds. The largest absolute Gasteiger partial charge is 0.486 e. The van der Waals surface area contributed by atoms with Crippen molar-refractivity contribution in [1.82, 2.24) is 5.32 Å². The van der Waals surface area contributed by atoms with E-state index in [2.05, 4.69) is 10.0 Å². The molecule has 0 spiro atoms. The van der Waals surface area contributed by atoms with Crippen LogP contribution in [0.3, 0.4) is 0 Å². The normalized spacial score (nSPS) is 16.1. The van der Waals surface area contributed by atoms with Crippen LogP contribution in [0.4, 0.5) is 5.69 Å². The number of sulfonamides is 1. The number of anilines is 1. The highest BCUT2D eigenvalue weighted by atomic mass is 32.2. The van der Waals surface area contributed by atoms with E-state index >= 15 is 0 Å². The molecule has 0 aliphatic carbocycles. The fraction of sp³-hybridized carbons (Fsp3) is 0.235. The second-order valence-corrected chi connectivity index (χ2v) is 7.41. The maximum Gasteiger partial charge on any atom is 0.251 e. The Morgan fingerprint density at radius 1 is 1.12 bits per heavy atom. The van der Waals surface area contributed by atoms with Crippen LogP contribution >= 0.6 is 0 Å². The summed E-state index contributed by atoms with van der Waals surface area (Å²) in [6.45, 7) is 0.658.